The highest BCUT2D eigenvalue weighted by Crippen LogP contribution is 2.28. The quantitative estimate of drug-likeness (QED) is 0.108. The summed E-state index contributed by atoms with van der Waals surface area (Å²) < 4.78 is 226. The first-order valence-electron chi connectivity index (χ1n) is 12.5. The van der Waals surface area contributed by atoms with Crippen LogP contribution in [0.3, 0.4) is 0 Å². The fourth-order valence-corrected chi connectivity index (χ4v) is 5.28. The van der Waals surface area contributed by atoms with Gasteiger partial charge >= 0.3 is 0 Å². The number of anilines is 2. The van der Waals surface area contributed by atoms with Crippen molar-refractivity contribution < 1.29 is 70.3 Å². The molecule has 0 saturated carbocycles. The summed E-state index contributed by atoms with van der Waals surface area (Å²) in [5, 5.41) is 2.27. The third-order valence-corrected chi connectivity index (χ3v) is 7.21. The maximum absolute atomic E-state index is 15.8. The van der Waals surface area contributed by atoms with Gasteiger partial charge in [0.2, 0.25) is 11.6 Å². The van der Waals surface area contributed by atoms with E-state index in [1.54, 1.807) is 0 Å². The van der Waals surface area contributed by atoms with Crippen molar-refractivity contribution in [3.05, 3.63) is 136 Å². The molecule has 2 heterocycles. The first kappa shape index (κ1) is 33.1. The Labute approximate surface area is 251 Å². The molecule has 0 radical (unpaired) electrons. The maximum Gasteiger partial charge on any atom is 0.289 e. The second kappa shape index (κ2) is 11.9. The van der Waals surface area contributed by atoms with Crippen LogP contribution in [-0.4, -0.2) is 11.3 Å². The van der Waals surface area contributed by atoms with E-state index in [2.05, 4.69) is 10.3 Å². The normalized spacial score (nSPS) is 11.7. The van der Waals surface area contributed by atoms with Gasteiger partial charge in [-0.1, -0.05) is 28.5 Å². The highest BCUT2D eigenvalue weighted by molar-refractivity contribution is 7.05. The lowest BCUT2D eigenvalue weighted by Gasteiger charge is -2.42. The Bertz CT molecular complexity index is 1840. The number of aromatic nitrogens is 2. The van der Waals surface area contributed by atoms with Gasteiger partial charge in [0.25, 0.3) is 6.28 Å². The zero-order valence-electron chi connectivity index (χ0n) is 22.3. The van der Waals surface area contributed by atoms with Gasteiger partial charge in [-0.05, 0) is 12.1 Å². The Hall–Kier alpha value is -5.23. The van der Waals surface area contributed by atoms with Crippen LogP contribution >= 0.6 is 0 Å². The summed E-state index contributed by atoms with van der Waals surface area (Å²) in [4.78, 5) is 3.77. The minimum atomic E-state index is -6.02. The average molecular weight is 683 g/mol. The Kier molecular flexibility index (Phi) is 8.36. The molecule has 244 valence electrons. The number of benzene rings is 3. The van der Waals surface area contributed by atoms with E-state index >= 15 is 26.3 Å². The number of halogens is 15. The van der Waals surface area contributed by atoms with Crippen molar-refractivity contribution in [3.8, 4) is 0 Å². The average Bonchev–Trinajstić information content (AvgIpc) is 3.07. The van der Waals surface area contributed by atoms with Crippen molar-refractivity contribution in [3.63, 3.8) is 0 Å². The molecule has 0 aliphatic rings. The van der Waals surface area contributed by atoms with Crippen LogP contribution in [0.4, 0.5) is 77.5 Å². The maximum atomic E-state index is 15.8. The van der Waals surface area contributed by atoms with Crippen LogP contribution in [0.15, 0.2) is 48.8 Å². The molecule has 3 nitrogen and oxygen atoms in total. The summed E-state index contributed by atoms with van der Waals surface area (Å²) in [5.74, 6) is -47.6. The molecule has 0 unspecified atom stereocenters. The summed E-state index contributed by atoms with van der Waals surface area (Å²) in [6.07, 6.45) is -4.64. The van der Waals surface area contributed by atoms with Crippen LogP contribution < -0.4 is 26.2 Å². The topological polar surface area (TPSA) is 28.8 Å². The second-order valence-electron chi connectivity index (χ2n) is 9.60. The number of nitrogens with one attached hydrogen (secondary N) is 1. The third-order valence-electron chi connectivity index (χ3n) is 7.21. The number of hydrogen-bond acceptors (Lipinski definition) is 2. The van der Waals surface area contributed by atoms with Crippen molar-refractivity contribution in [2.45, 2.75) is 0 Å². The van der Waals surface area contributed by atoms with Crippen LogP contribution in [0.2, 0.25) is 0 Å². The van der Waals surface area contributed by atoms with E-state index < -0.39 is 116 Å². The van der Waals surface area contributed by atoms with E-state index in [9.17, 15) is 39.5 Å². The molecule has 0 aliphatic heterocycles. The molecule has 5 aromatic rings. The van der Waals surface area contributed by atoms with Crippen molar-refractivity contribution in [1.29, 1.82) is 0 Å². The second-order valence-corrected chi connectivity index (χ2v) is 9.60. The number of rotatable bonds is 6. The van der Waals surface area contributed by atoms with Gasteiger partial charge in [0.15, 0.2) is 52.4 Å². The summed E-state index contributed by atoms with van der Waals surface area (Å²) in [5.41, 5.74) is -8.31. The summed E-state index contributed by atoms with van der Waals surface area (Å²) >= 11 is 0. The smallest absolute Gasteiger partial charge is 0.289 e. The van der Waals surface area contributed by atoms with Gasteiger partial charge in [0, 0.05) is 24.5 Å². The van der Waals surface area contributed by atoms with Crippen LogP contribution in [0.5, 0.6) is 0 Å². The SMILES string of the molecule is Fc1c(F)c(F)c([B-](c2c(F)c(F)c(F)c(F)c2F)(c2c(F)c(F)c(F)c(F)c2F)[n+]2ccccc2Nc2ccccn2)c(F)c1F. The molecule has 2 aromatic heterocycles. The number of hydrogen-bond donors (Lipinski definition) is 1. The number of nitrogens with zero attached hydrogens (tertiary/aromatic N) is 2. The molecular weight excluding hydrogens is 674 g/mol. The predicted octanol–water partition coefficient (Wildman–Crippen LogP) is 5.71. The summed E-state index contributed by atoms with van der Waals surface area (Å²) in [6, 6.07) is 6.02. The van der Waals surface area contributed by atoms with Gasteiger partial charge < -0.3 is 4.48 Å². The molecule has 1 N–H and O–H groups in total. The van der Waals surface area contributed by atoms with Gasteiger partial charge in [-0.2, -0.15) is 0 Å². The van der Waals surface area contributed by atoms with Crippen LogP contribution in [0, 0.1) is 87.3 Å². The summed E-state index contributed by atoms with van der Waals surface area (Å²) in [7, 11) is 0. The van der Waals surface area contributed by atoms with E-state index in [0.29, 0.717) is 18.3 Å². The molecule has 47 heavy (non-hydrogen) atoms. The molecule has 0 saturated heterocycles. The van der Waals surface area contributed by atoms with Gasteiger partial charge in [0.05, 0.1) is 0 Å². The first-order valence-corrected chi connectivity index (χ1v) is 12.5. The highest BCUT2D eigenvalue weighted by Gasteiger charge is 2.54. The fourth-order valence-electron chi connectivity index (χ4n) is 5.28. The van der Waals surface area contributed by atoms with E-state index in [-0.39, 0.29) is 10.3 Å². The molecule has 5 rings (SSSR count). The molecular formula is C28H9BF15N3. The van der Waals surface area contributed by atoms with Crippen LogP contribution in [-0.2, 0) is 0 Å². The molecule has 0 spiro atoms. The zero-order valence-corrected chi connectivity index (χ0v) is 22.3. The van der Waals surface area contributed by atoms with Gasteiger partial charge in [-0.25, -0.2) is 76.2 Å². The lowest BCUT2D eigenvalue weighted by molar-refractivity contribution is -0.523. The minimum absolute atomic E-state index is 0.205. The largest absolute Gasteiger partial charge is 0.418 e. The van der Waals surface area contributed by atoms with E-state index in [4.69, 9.17) is 0 Å². The molecule has 0 amide bonds. The Balaban J connectivity index is 2.23. The molecule has 0 bridgehead atoms. The lowest BCUT2D eigenvalue weighted by Crippen LogP contribution is -2.88. The molecule has 3 aromatic carbocycles. The molecule has 0 fully saturated rings. The summed E-state index contributed by atoms with van der Waals surface area (Å²) in [6.45, 7) is 0. The van der Waals surface area contributed by atoms with Gasteiger partial charge in [0.1, 0.15) is 34.9 Å². The Morgan fingerprint density at radius 3 is 1.11 bits per heavy atom. The predicted molar refractivity (Wildman–Crippen MR) is 133 cm³/mol. The van der Waals surface area contributed by atoms with Crippen molar-refractivity contribution in [2.75, 3.05) is 5.32 Å². The zero-order chi connectivity index (χ0) is 34.7. The van der Waals surface area contributed by atoms with Crippen molar-refractivity contribution >= 4 is 34.3 Å². The Morgan fingerprint density at radius 1 is 0.426 bits per heavy atom. The van der Waals surface area contributed by atoms with Crippen molar-refractivity contribution in [1.82, 2.24) is 4.98 Å². The first-order chi connectivity index (χ1) is 22.1. The highest BCUT2D eigenvalue weighted by atomic mass is 19.2. The van der Waals surface area contributed by atoms with E-state index in [1.807, 2.05) is 0 Å². The molecule has 0 aliphatic carbocycles. The Morgan fingerprint density at radius 2 is 0.766 bits per heavy atom. The fraction of sp³-hybridized carbons (Fsp3) is 0. The van der Waals surface area contributed by atoms with E-state index in [0.717, 1.165) is 18.3 Å². The van der Waals surface area contributed by atoms with Gasteiger partial charge in [-0.15, -0.1) is 0 Å². The minimum Gasteiger partial charge on any atom is -0.418 e. The lowest BCUT2D eigenvalue weighted by atomic mass is 9.23. The monoisotopic (exact) mass is 683 g/mol. The molecule has 19 heteroatoms. The number of pyridine rings is 2. The van der Waals surface area contributed by atoms with Crippen LogP contribution in [0.1, 0.15) is 0 Å². The van der Waals surface area contributed by atoms with E-state index in [1.165, 1.54) is 12.1 Å². The van der Waals surface area contributed by atoms with Crippen LogP contribution in [0.25, 0.3) is 0 Å². The third kappa shape index (κ3) is 4.74. The molecule has 0 atom stereocenters. The standard InChI is InChI=1S/C28H9BF15N3/c30-14-11(15(31)21(37)26(42)20(14)36)29(12-16(32)22(38)27(43)23(39)17(12)33,13-18(34)24(40)28(44)25(41)19(13)35)47-8-4-2-6-10(47)46-9-5-1-3-7-45-9/h1-8H,(H,45,46). The van der Waals surface area contributed by atoms with Gasteiger partial charge in [-0.3, -0.25) is 0 Å². The van der Waals surface area contributed by atoms with Crippen molar-refractivity contribution in [2.24, 2.45) is 0 Å².